The predicted octanol–water partition coefficient (Wildman–Crippen LogP) is 2.91. The van der Waals surface area contributed by atoms with E-state index in [0.29, 0.717) is 17.1 Å². The SMILES string of the molecule is O=C(Nc1ccc(NC(=O)c2ccco2)cc1)c1ccn(C2CCCNC2)n1. The highest BCUT2D eigenvalue weighted by Crippen LogP contribution is 2.18. The summed E-state index contributed by atoms with van der Waals surface area (Å²) in [6.45, 7) is 1.90. The molecule has 8 heteroatoms. The molecule has 144 valence electrons. The smallest absolute Gasteiger partial charge is 0.291 e. The van der Waals surface area contributed by atoms with E-state index >= 15 is 0 Å². The molecule has 0 radical (unpaired) electrons. The zero-order valence-corrected chi connectivity index (χ0v) is 15.2. The molecular weight excluding hydrogens is 358 g/mol. The lowest BCUT2D eigenvalue weighted by Gasteiger charge is -2.22. The second kappa shape index (κ2) is 8.10. The van der Waals surface area contributed by atoms with Gasteiger partial charge in [0.25, 0.3) is 11.8 Å². The molecule has 0 bridgehead atoms. The third-order valence-electron chi connectivity index (χ3n) is 4.63. The number of nitrogens with zero attached hydrogens (tertiary/aromatic N) is 2. The molecule has 8 nitrogen and oxygen atoms in total. The fourth-order valence-electron chi connectivity index (χ4n) is 3.15. The molecule has 28 heavy (non-hydrogen) atoms. The first-order valence-electron chi connectivity index (χ1n) is 9.21. The van der Waals surface area contributed by atoms with Crippen molar-refractivity contribution in [1.82, 2.24) is 15.1 Å². The minimum Gasteiger partial charge on any atom is -0.459 e. The number of furan rings is 1. The molecule has 1 aromatic carbocycles. The molecule has 4 rings (SSSR count). The Morgan fingerprint density at radius 1 is 1.07 bits per heavy atom. The van der Waals surface area contributed by atoms with Crippen molar-refractivity contribution in [2.24, 2.45) is 0 Å². The second-order valence-electron chi connectivity index (χ2n) is 6.64. The summed E-state index contributed by atoms with van der Waals surface area (Å²) in [5.41, 5.74) is 1.60. The van der Waals surface area contributed by atoms with Crippen molar-refractivity contribution in [3.8, 4) is 0 Å². The fraction of sp³-hybridized carbons (Fsp3) is 0.250. The molecule has 1 atom stereocenters. The van der Waals surface area contributed by atoms with E-state index in [1.54, 1.807) is 42.5 Å². The number of carbonyl (C=O) groups is 2. The van der Waals surface area contributed by atoms with Crippen molar-refractivity contribution in [1.29, 1.82) is 0 Å². The number of anilines is 2. The molecule has 1 aliphatic rings. The molecule has 0 saturated carbocycles. The molecule has 0 aliphatic carbocycles. The monoisotopic (exact) mass is 379 g/mol. The quantitative estimate of drug-likeness (QED) is 0.633. The Kier molecular flexibility index (Phi) is 5.20. The van der Waals surface area contributed by atoms with Gasteiger partial charge in [-0.25, -0.2) is 0 Å². The highest BCUT2D eigenvalue weighted by Gasteiger charge is 2.18. The summed E-state index contributed by atoms with van der Waals surface area (Å²) in [6.07, 6.45) is 5.45. The van der Waals surface area contributed by atoms with E-state index in [1.165, 1.54) is 6.26 Å². The van der Waals surface area contributed by atoms with Crippen molar-refractivity contribution < 1.29 is 14.0 Å². The van der Waals surface area contributed by atoms with Crippen LogP contribution >= 0.6 is 0 Å². The standard InChI is InChI=1S/C20H21N5O3/c26-19(17-9-11-25(24-17)16-3-1-10-21-13-16)22-14-5-7-15(8-6-14)23-20(27)18-4-2-12-28-18/h2,4-9,11-12,16,21H,1,3,10,13H2,(H,22,26)(H,23,27). The van der Waals surface area contributed by atoms with Gasteiger partial charge < -0.3 is 20.4 Å². The normalized spacial score (nSPS) is 16.5. The van der Waals surface area contributed by atoms with E-state index in [1.807, 2.05) is 10.9 Å². The molecule has 1 saturated heterocycles. The first-order valence-corrected chi connectivity index (χ1v) is 9.21. The second-order valence-corrected chi connectivity index (χ2v) is 6.64. The third-order valence-corrected chi connectivity index (χ3v) is 4.63. The zero-order chi connectivity index (χ0) is 19.3. The molecule has 0 spiro atoms. The Morgan fingerprint density at radius 3 is 2.46 bits per heavy atom. The highest BCUT2D eigenvalue weighted by molar-refractivity contribution is 6.04. The predicted molar refractivity (Wildman–Crippen MR) is 104 cm³/mol. The number of benzene rings is 1. The van der Waals surface area contributed by atoms with Crippen LogP contribution in [0.15, 0.2) is 59.3 Å². The van der Waals surface area contributed by atoms with Crippen LogP contribution in [-0.2, 0) is 0 Å². The summed E-state index contributed by atoms with van der Waals surface area (Å²) in [4.78, 5) is 24.4. The van der Waals surface area contributed by atoms with Crippen molar-refractivity contribution >= 4 is 23.2 Å². The van der Waals surface area contributed by atoms with E-state index in [4.69, 9.17) is 4.42 Å². The minimum atomic E-state index is -0.329. The Balaban J connectivity index is 1.35. The number of hydrogen-bond acceptors (Lipinski definition) is 5. The molecule has 1 aliphatic heterocycles. The van der Waals surface area contributed by atoms with Gasteiger partial charge in [0.2, 0.25) is 0 Å². The molecule has 1 unspecified atom stereocenters. The van der Waals surface area contributed by atoms with Crippen LogP contribution in [0.1, 0.15) is 39.9 Å². The molecule has 3 aromatic rings. The lowest BCUT2D eigenvalue weighted by atomic mass is 10.1. The van der Waals surface area contributed by atoms with Crippen LogP contribution in [0.3, 0.4) is 0 Å². The Morgan fingerprint density at radius 2 is 1.82 bits per heavy atom. The van der Waals surface area contributed by atoms with Crippen LogP contribution in [0.2, 0.25) is 0 Å². The Bertz CT molecular complexity index is 941. The van der Waals surface area contributed by atoms with Gasteiger partial charge in [0, 0.05) is 24.1 Å². The number of piperidine rings is 1. The first kappa shape index (κ1) is 18.0. The van der Waals surface area contributed by atoms with Crippen LogP contribution in [0.5, 0.6) is 0 Å². The molecule has 3 heterocycles. The Labute approximate surface area is 161 Å². The van der Waals surface area contributed by atoms with Gasteiger partial charge in [0.15, 0.2) is 11.5 Å². The van der Waals surface area contributed by atoms with Crippen molar-refractivity contribution in [3.63, 3.8) is 0 Å². The topological polar surface area (TPSA) is 101 Å². The van der Waals surface area contributed by atoms with Crippen LogP contribution in [0, 0.1) is 0 Å². The molecule has 2 amide bonds. The molecule has 1 fully saturated rings. The zero-order valence-electron chi connectivity index (χ0n) is 15.2. The van der Waals surface area contributed by atoms with Gasteiger partial charge in [-0.1, -0.05) is 0 Å². The van der Waals surface area contributed by atoms with Gasteiger partial charge in [-0.2, -0.15) is 5.10 Å². The maximum atomic E-state index is 12.4. The van der Waals surface area contributed by atoms with Gasteiger partial charge in [0.1, 0.15) is 0 Å². The van der Waals surface area contributed by atoms with Crippen LogP contribution < -0.4 is 16.0 Å². The van der Waals surface area contributed by atoms with Crippen molar-refractivity contribution in [2.45, 2.75) is 18.9 Å². The van der Waals surface area contributed by atoms with E-state index in [9.17, 15) is 9.59 Å². The van der Waals surface area contributed by atoms with Crippen LogP contribution in [0.4, 0.5) is 11.4 Å². The summed E-state index contributed by atoms with van der Waals surface area (Å²) < 4.78 is 6.91. The number of amides is 2. The van der Waals surface area contributed by atoms with E-state index in [-0.39, 0.29) is 23.6 Å². The summed E-state index contributed by atoms with van der Waals surface area (Å²) >= 11 is 0. The minimum absolute atomic E-state index is 0.237. The number of nitrogens with one attached hydrogen (secondary N) is 3. The van der Waals surface area contributed by atoms with Gasteiger partial charge >= 0.3 is 0 Å². The molecule has 2 aromatic heterocycles. The lowest BCUT2D eigenvalue weighted by molar-refractivity contribution is 0.0994. The average molecular weight is 379 g/mol. The van der Waals surface area contributed by atoms with Crippen LogP contribution in [-0.4, -0.2) is 34.7 Å². The Hall–Kier alpha value is -3.39. The fourth-order valence-corrected chi connectivity index (χ4v) is 3.15. The largest absolute Gasteiger partial charge is 0.459 e. The summed E-state index contributed by atoms with van der Waals surface area (Å²) in [7, 11) is 0. The summed E-state index contributed by atoms with van der Waals surface area (Å²) in [6, 6.07) is 12.1. The number of rotatable bonds is 5. The maximum absolute atomic E-state index is 12.4. The number of hydrogen-bond donors (Lipinski definition) is 3. The molecule has 3 N–H and O–H groups in total. The van der Waals surface area contributed by atoms with E-state index in [0.717, 1.165) is 25.9 Å². The van der Waals surface area contributed by atoms with Crippen molar-refractivity contribution in [2.75, 3.05) is 23.7 Å². The third kappa shape index (κ3) is 4.12. The van der Waals surface area contributed by atoms with Gasteiger partial charge in [0.05, 0.1) is 12.3 Å². The van der Waals surface area contributed by atoms with Gasteiger partial charge in [-0.15, -0.1) is 0 Å². The first-order chi connectivity index (χ1) is 13.7. The molecular formula is C20H21N5O3. The van der Waals surface area contributed by atoms with Crippen molar-refractivity contribution in [3.05, 3.63) is 66.4 Å². The maximum Gasteiger partial charge on any atom is 0.291 e. The van der Waals surface area contributed by atoms with Gasteiger partial charge in [-0.3, -0.25) is 14.3 Å². The van der Waals surface area contributed by atoms with Crippen LogP contribution in [0.25, 0.3) is 0 Å². The lowest BCUT2D eigenvalue weighted by Crippen LogP contribution is -2.32. The number of carbonyl (C=O) groups excluding carboxylic acids is 2. The van der Waals surface area contributed by atoms with E-state index < -0.39 is 0 Å². The van der Waals surface area contributed by atoms with Gasteiger partial charge in [-0.05, 0) is 61.9 Å². The highest BCUT2D eigenvalue weighted by atomic mass is 16.3. The summed E-state index contributed by atoms with van der Waals surface area (Å²) in [5.74, 6) is -0.361. The average Bonchev–Trinajstić information content (AvgIpc) is 3.42. The summed E-state index contributed by atoms with van der Waals surface area (Å²) in [5, 5.41) is 13.3. The van der Waals surface area contributed by atoms with E-state index in [2.05, 4.69) is 21.0 Å². The number of aromatic nitrogens is 2.